The van der Waals surface area contributed by atoms with Gasteiger partial charge in [-0.25, -0.2) is 13.6 Å². The Bertz CT molecular complexity index is 699. The molecule has 2 aromatic rings. The molecule has 0 atom stereocenters. The van der Waals surface area contributed by atoms with E-state index in [1.807, 2.05) is 0 Å². The van der Waals surface area contributed by atoms with Gasteiger partial charge >= 0.3 is 0 Å². The third kappa shape index (κ3) is 3.36. The van der Waals surface area contributed by atoms with E-state index < -0.39 is 10.0 Å². The summed E-state index contributed by atoms with van der Waals surface area (Å²) in [5.41, 5.74) is 0.726. The number of primary sulfonamides is 1. The number of aromatic nitrogens is 1. The van der Waals surface area contributed by atoms with Crippen molar-refractivity contribution in [3.8, 4) is 0 Å². The topological polar surface area (TPSA) is 102 Å². The summed E-state index contributed by atoms with van der Waals surface area (Å²) >= 11 is 0. The predicted octanol–water partition coefficient (Wildman–Crippen LogP) is 0.981. The molecule has 0 bridgehead atoms. The van der Waals surface area contributed by atoms with Crippen molar-refractivity contribution in [3.05, 3.63) is 54.4 Å². The minimum Gasteiger partial charge on any atom is -0.322 e. The van der Waals surface area contributed by atoms with Gasteiger partial charge in [-0.05, 0) is 30.3 Å². The molecule has 7 heteroatoms. The number of carbonyl (C=O) groups excluding carboxylic acids is 1. The highest BCUT2D eigenvalue weighted by Crippen LogP contribution is 2.14. The fourth-order valence-corrected chi connectivity index (χ4v) is 2.01. The molecule has 6 nitrogen and oxygen atoms in total. The summed E-state index contributed by atoms with van der Waals surface area (Å²) in [5.74, 6) is -0.375. The maximum atomic E-state index is 11.8. The molecule has 0 saturated heterocycles. The lowest BCUT2D eigenvalue weighted by Crippen LogP contribution is -2.14. The van der Waals surface area contributed by atoms with Crippen LogP contribution in [0.4, 0.5) is 5.69 Å². The molecule has 1 aromatic heterocycles. The van der Waals surface area contributed by atoms with Gasteiger partial charge in [0.05, 0.1) is 10.5 Å². The molecule has 1 aromatic carbocycles. The number of amides is 1. The van der Waals surface area contributed by atoms with Crippen LogP contribution in [-0.4, -0.2) is 19.3 Å². The van der Waals surface area contributed by atoms with Crippen molar-refractivity contribution in [2.45, 2.75) is 4.90 Å². The molecule has 0 radical (unpaired) electrons. The Kier molecular flexibility index (Phi) is 3.59. The van der Waals surface area contributed by atoms with E-state index in [0.717, 1.165) is 0 Å². The van der Waals surface area contributed by atoms with E-state index in [1.54, 1.807) is 24.4 Å². The van der Waals surface area contributed by atoms with Crippen LogP contribution in [0, 0.1) is 0 Å². The third-order valence-electron chi connectivity index (χ3n) is 2.34. The minimum absolute atomic E-state index is 0.0588. The molecule has 98 valence electrons. The van der Waals surface area contributed by atoms with Gasteiger partial charge in [-0.15, -0.1) is 0 Å². The quantitative estimate of drug-likeness (QED) is 0.873. The molecule has 2 rings (SSSR count). The summed E-state index contributed by atoms with van der Waals surface area (Å²) in [7, 11) is -3.79. The Morgan fingerprint density at radius 2 is 2.00 bits per heavy atom. The first kappa shape index (κ1) is 13.2. The molecule has 0 spiro atoms. The molecule has 1 amide bonds. The van der Waals surface area contributed by atoms with E-state index in [9.17, 15) is 13.2 Å². The van der Waals surface area contributed by atoms with Crippen molar-refractivity contribution in [1.29, 1.82) is 0 Å². The van der Waals surface area contributed by atoms with Gasteiger partial charge < -0.3 is 5.32 Å². The van der Waals surface area contributed by atoms with Gasteiger partial charge in [0, 0.05) is 18.1 Å². The van der Waals surface area contributed by atoms with Crippen LogP contribution in [0.15, 0.2) is 53.7 Å². The number of nitrogens with one attached hydrogen (secondary N) is 1. The van der Waals surface area contributed by atoms with Crippen molar-refractivity contribution in [2.75, 3.05) is 5.32 Å². The smallest absolute Gasteiger partial charge is 0.257 e. The standard InChI is InChI=1S/C12H11N3O3S/c13-19(17,18)11-5-1-4-10(7-11)15-12(16)9-3-2-6-14-8-9/h1-8H,(H,15,16)(H2,13,17,18). The summed E-state index contributed by atoms with van der Waals surface area (Å²) < 4.78 is 22.4. The van der Waals surface area contributed by atoms with Crippen LogP contribution in [0.3, 0.4) is 0 Å². The number of benzene rings is 1. The van der Waals surface area contributed by atoms with Gasteiger partial charge in [-0.1, -0.05) is 6.07 Å². The van der Waals surface area contributed by atoms with Crippen LogP contribution in [0.5, 0.6) is 0 Å². The van der Waals surface area contributed by atoms with E-state index >= 15 is 0 Å². The van der Waals surface area contributed by atoms with Crippen LogP contribution in [-0.2, 0) is 10.0 Å². The summed E-state index contributed by atoms with van der Waals surface area (Å²) in [5, 5.41) is 7.59. The zero-order valence-electron chi connectivity index (χ0n) is 9.78. The van der Waals surface area contributed by atoms with E-state index in [4.69, 9.17) is 5.14 Å². The molecular weight excluding hydrogens is 266 g/mol. The first-order valence-corrected chi connectivity index (χ1v) is 6.86. The van der Waals surface area contributed by atoms with Gasteiger partial charge in [0.25, 0.3) is 5.91 Å². The summed E-state index contributed by atoms with van der Waals surface area (Å²) in [4.78, 5) is 15.6. The monoisotopic (exact) mass is 277 g/mol. The average molecular weight is 277 g/mol. The first-order chi connectivity index (χ1) is 8.97. The Labute approximate surface area is 110 Å². The van der Waals surface area contributed by atoms with Crippen LogP contribution >= 0.6 is 0 Å². The predicted molar refractivity (Wildman–Crippen MR) is 70.0 cm³/mol. The third-order valence-corrected chi connectivity index (χ3v) is 3.26. The highest BCUT2D eigenvalue weighted by atomic mass is 32.2. The van der Waals surface area contributed by atoms with Crippen molar-refractivity contribution < 1.29 is 13.2 Å². The Hall–Kier alpha value is -2.25. The number of sulfonamides is 1. The van der Waals surface area contributed by atoms with Gasteiger partial charge in [0.15, 0.2) is 0 Å². The number of nitrogens with two attached hydrogens (primary N) is 1. The lowest BCUT2D eigenvalue weighted by Gasteiger charge is -2.06. The number of hydrogen-bond donors (Lipinski definition) is 2. The zero-order valence-corrected chi connectivity index (χ0v) is 10.6. The second-order valence-corrected chi connectivity index (χ2v) is 5.33. The van der Waals surface area contributed by atoms with Gasteiger partial charge in [-0.2, -0.15) is 0 Å². The van der Waals surface area contributed by atoms with E-state index in [-0.39, 0.29) is 10.8 Å². The van der Waals surface area contributed by atoms with Gasteiger partial charge in [0.1, 0.15) is 0 Å². The van der Waals surface area contributed by atoms with Gasteiger partial charge in [0.2, 0.25) is 10.0 Å². The minimum atomic E-state index is -3.79. The first-order valence-electron chi connectivity index (χ1n) is 5.31. The summed E-state index contributed by atoms with van der Waals surface area (Å²) in [6, 6.07) is 8.96. The van der Waals surface area contributed by atoms with Crippen LogP contribution in [0.1, 0.15) is 10.4 Å². The molecule has 3 N–H and O–H groups in total. The van der Waals surface area contributed by atoms with Gasteiger partial charge in [-0.3, -0.25) is 9.78 Å². The molecule has 0 aliphatic heterocycles. The van der Waals surface area contributed by atoms with E-state index in [1.165, 1.54) is 24.4 Å². The van der Waals surface area contributed by atoms with Crippen molar-refractivity contribution in [2.24, 2.45) is 5.14 Å². The molecule has 0 saturated carbocycles. The highest BCUT2D eigenvalue weighted by molar-refractivity contribution is 7.89. The Balaban J connectivity index is 2.23. The maximum Gasteiger partial charge on any atom is 0.257 e. The van der Waals surface area contributed by atoms with E-state index in [2.05, 4.69) is 10.3 Å². The average Bonchev–Trinajstić information content (AvgIpc) is 2.39. The Morgan fingerprint density at radius 3 is 2.63 bits per heavy atom. The normalized spacial score (nSPS) is 11.0. The number of hydrogen-bond acceptors (Lipinski definition) is 4. The highest BCUT2D eigenvalue weighted by Gasteiger charge is 2.10. The van der Waals surface area contributed by atoms with Crippen molar-refractivity contribution in [3.63, 3.8) is 0 Å². The second-order valence-electron chi connectivity index (χ2n) is 3.77. The number of pyridine rings is 1. The largest absolute Gasteiger partial charge is 0.322 e. The molecule has 0 aliphatic rings. The van der Waals surface area contributed by atoms with E-state index in [0.29, 0.717) is 11.3 Å². The molecule has 1 heterocycles. The molecule has 0 unspecified atom stereocenters. The van der Waals surface area contributed by atoms with Crippen LogP contribution in [0.25, 0.3) is 0 Å². The summed E-state index contributed by atoms with van der Waals surface area (Å²) in [6.07, 6.45) is 2.97. The van der Waals surface area contributed by atoms with Crippen molar-refractivity contribution >= 4 is 21.6 Å². The number of nitrogens with zero attached hydrogens (tertiary/aromatic N) is 1. The van der Waals surface area contributed by atoms with Crippen LogP contribution < -0.4 is 10.5 Å². The number of rotatable bonds is 3. The molecule has 0 aliphatic carbocycles. The SMILES string of the molecule is NS(=O)(=O)c1cccc(NC(=O)c2cccnc2)c1. The van der Waals surface area contributed by atoms with Crippen molar-refractivity contribution in [1.82, 2.24) is 4.98 Å². The molecular formula is C12H11N3O3S. The fourth-order valence-electron chi connectivity index (χ4n) is 1.45. The fraction of sp³-hybridized carbons (Fsp3) is 0. The second kappa shape index (κ2) is 5.17. The molecule has 0 fully saturated rings. The number of carbonyl (C=O) groups is 1. The summed E-state index contributed by atoms with van der Waals surface area (Å²) in [6.45, 7) is 0. The maximum absolute atomic E-state index is 11.8. The lowest BCUT2D eigenvalue weighted by atomic mass is 10.2. The molecule has 19 heavy (non-hydrogen) atoms. The number of anilines is 1. The lowest BCUT2D eigenvalue weighted by molar-refractivity contribution is 0.102. The Morgan fingerprint density at radius 1 is 1.21 bits per heavy atom. The zero-order chi connectivity index (χ0) is 13.9. The van der Waals surface area contributed by atoms with Crippen LogP contribution in [0.2, 0.25) is 0 Å².